The van der Waals surface area contributed by atoms with Gasteiger partial charge in [0.05, 0.1) is 5.02 Å². The maximum atomic E-state index is 11.5. The fourth-order valence-electron chi connectivity index (χ4n) is 1.71. The lowest BCUT2D eigenvalue weighted by atomic mass is 10.1. The first-order chi connectivity index (χ1) is 9.10. The largest absolute Gasteiger partial charge is 0.482 e. The van der Waals surface area contributed by atoms with Gasteiger partial charge in [0.25, 0.3) is 5.91 Å². The van der Waals surface area contributed by atoms with Crippen molar-refractivity contribution in [2.45, 2.75) is 31.8 Å². The van der Waals surface area contributed by atoms with E-state index in [1.54, 1.807) is 6.07 Å². The Hall–Kier alpha value is -1.26. The van der Waals surface area contributed by atoms with Crippen LogP contribution in [0.2, 0.25) is 5.02 Å². The fourth-order valence-corrected chi connectivity index (χ4v) is 1.95. The van der Waals surface area contributed by atoms with Crippen LogP contribution in [0.1, 0.15) is 31.4 Å². The van der Waals surface area contributed by atoms with Crippen molar-refractivity contribution in [2.75, 3.05) is 13.7 Å². The van der Waals surface area contributed by atoms with Gasteiger partial charge in [-0.25, -0.2) is 0 Å². The maximum absolute atomic E-state index is 11.5. The molecule has 19 heavy (non-hydrogen) atoms. The lowest BCUT2D eigenvalue weighted by Gasteiger charge is -2.13. The number of carbonyl (C=O) groups is 1. The second-order valence-electron chi connectivity index (χ2n) is 4.83. The highest BCUT2D eigenvalue weighted by molar-refractivity contribution is 6.32. The van der Waals surface area contributed by atoms with E-state index in [1.807, 2.05) is 19.2 Å². The van der Waals surface area contributed by atoms with Crippen molar-refractivity contribution >= 4 is 17.5 Å². The van der Waals surface area contributed by atoms with Gasteiger partial charge in [-0.3, -0.25) is 4.79 Å². The SMILES string of the molecule is CNC(C)c1ccc(OCC(=O)NC2CC2)c(Cl)c1. The van der Waals surface area contributed by atoms with Crippen LogP contribution in [0.15, 0.2) is 18.2 Å². The minimum Gasteiger partial charge on any atom is -0.482 e. The molecule has 1 amide bonds. The molecule has 0 aliphatic heterocycles. The first kappa shape index (κ1) is 14.2. The molecule has 0 radical (unpaired) electrons. The number of nitrogens with one attached hydrogen (secondary N) is 2. The summed E-state index contributed by atoms with van der Waals surface area (Å²) in [6.07, 6.45) is 2.15. The molecular weight excluding hydrogens is 264 g/mol. The van der Waals surface area contributed by atoms with Gasteiger partial charge in [-0.05, 0) is 44.5 Å². The van der Waals surface area contributed by atoms with Crippen LogP contribution >= 0.6 is 11.6 Å². The van der Waals surface area contributed by atoms with Crippen LogP contribution in [-0.4, -0.2) is 25.6 Å². The highest BCUT2D eigenvalue weighted by atomic mass is 35.5. The fraction of sp³-hybridized carbons (Fsp3) is 0.500. The zero-order valence-electron chi connectivity index (χ0n) is 11.2. The second-order valence-corrected chi connectivity index (χ2v) is 5.24. The summed E-state index contributed by atoms with van der Waals surface area (Å²) in [6.45, 7) is 2.06. The predicted octanol–water partition coefficient (Wildman–Crippen LogP) is 2.28. The Balaban J connectivity index is 1.90. The molecule has 0 heterocycles. The van der Waals surface area contributed by atoms with Gasteiger partial charge in [0, 0.05) is 12.1 Å². The molecule has 1 saturated carbocycles. The minimum absolute atomic E-state index is 0.0111. The topological polar surface area (TPSA) is 50.4 Å². The molecule has 2 rings (SSSR count). The van der Waals surface area contributed by atoms with Crippen LogP contribution in [0, 0.1) is 0 Å². The second kappa shape index (κ2) is 6.26. The molecule has 1 unspecified atom stereocenters. The Morgan fingerprint density at radius 2 is 2.26 bits per heavy atom. The first-order valence-corrected chi connectivity index (χ1v) is 6.87. The third-order valence-corrected chi connectivity index (χ3v) is 3.49. The third-order valence-electron chi connectivity index (χ3n) is 3.19. The Kier molecular flexibility index (Phi) is 4.66. The molecule has 1 aliphatic carbocycles. The van der Waals surface area contributed by atoms with Gasteiger partial charge in [0.2, 0.25) is 0 Å². The number of hydrogen-bond donors (Lipinski definition) is 2. The third kappa shape index (κ3) is 4.11. The first-order valence-electron chi connectivity index (χ1n) is 6.49. The summed E-state index contributed by atoms with van der Waals surface area (Å²) in [7, 11) is 1.89. The van der Waals surface area contributed by atoms with Crippen molar-refractivity contribution < 1.29 is 9.53 Å². The van der Waals surface area contributed by atoms with E-state index in [1.165, 1.54) is 0 Å². The number of halogens is 1. The Bertz CT molecular complexity index is 461. The summed E-state index contributed by atoms with van der Waals surface area (Å²) in [5.74, 6) is 0.450. The number of ether oxygens (including phenoxy) is 1. The van der Waals surface area contributed by atoms with E-state index < -0.39 is 0 Å². The van der Waals surface area contributed by atoms with Crippen LogP contribution in [-0.2, 0) is 4.79 Å². The average Bonchev–Trinajstić information content (AvgIpc) is 3.20. The summed E-state index contributed by atoms with van der Waals surface area (Å²) in [5.41, 5.74) is 1.09. The molecule has 2 N–H and O–H groups in total. The van der Waals surface area contributed by atoms with Gasteiger partial charge < -0.3 is 15.4 Å². The van der Waals surface area contributed by atoms with E-state index in [0.717, 1.165) is 18.4 Å². The van der Waals surface area contributed by atoms with E-state index in [2.05, 4.69) is 17.6 Å². The summed E-state index contributed by atoms with van der Waals surface area (Å²) in [5, 5.41) is 6.54. The minimum atomic E-state index is -0.0914. The lowest BCUT2D eigenvalue weighted by Crippen LogP contribution is -2.30. The molecule has 5 heteroatoms. The quantitative estimate of drug-likeness (QED) is 0.842. The van der Waals surface area contributed by atoms with Gasteiger partial charge in [-0.2, -0.15) is 0 Å². The molecule has 1 aliphatic rings. The Labute approximate surface area is 118 Å². The number of carbonyl (C=O) groups excluding carboxylic acids is 1. The number of rotatable bonds is 6. The predicted molar refractivity (Wildman–Crippen MR) is 75.6 cm³/mol. The van der Waals surface area contributed by atoms with Gasteiger partial charge in [-0.1, -0.05) is 17.7 Å². The number of hydrogen-bond acceptors (Lipinski definition) is 3. The molecule has 0 bridgehead atoms. The smallest absolute Gasteiger partial charge is 0.258 e. The van der Waals surface area contributed by atoms with Gasteiger partial charge in [0.1, 0.15) is 5.75 Å². The molecule has 4 nitrogen and oxygen atoms in total. The van der Waals surface area contributed by atoms with Gasteiger partial charge >= 0.3 is 0 Å². The normalized spacial score (nSPS) is 15.9. The van der Waals surface area contributed by atoms with Gasteiger partial charge in [0.15, 0.2) is 6.61 Å². The Morgan fingerprint density at radius 1 is 1.53 bits per heavy atom. The molecule has 0 spiro atoms. The summed E-state index contributed by atoms with van der Waals surface area (Å²) in [4.78, 5) is 11.5. The summed E-state index contributed by atoms with van der Waals surface area (Å²) >= 11 is 6.15. The molecule has 1 aromatic rings. The standard InChI is InChI=1S/C14H19ClN2O2/c1-9(16-2)10-3-6-13(12(15)7-10)19-8-14(18)17-11-4-5-11/h3,6-7,9,11,16H,4-5,8H2,1-2H3,(H,17,18). The van der Waals surface area contributed by atoms with Crippen LogP contribution in [0.5, 0.6) is 5.75 Å². The van der Waals surface area contributed by atoms with Gasteiger partial charge in [-0.15, -0.1) is 0 Å². The van der Waals surface area contributed by atoms with E-state index in [0.29, 0.717) is 16.8 Å². The van der Waals surface area contributed by atoms with Crippen molar-refractivity contribution in [2.24, 2.45) is 0 Å². The molecule has 0 saturated heterocycles. The van der Waals surface area contributed by atoms with E-state index in [4.69, 9.17) is 16.3 Å². The van der Waals surface area contributed by atoms with Crippen LogP contribution in [0.25, 0.3) is 0 Å². The van der Waals surface area contributed by atoms with Crippen molar-refractivity contribution in [3.63, 3.8) is 0 Å². The molecule has 0 aromatic heterocycles. The van der Waals surface area contributed by atoms with Crippen LogP contribution in [0.3, 0.4) is 0 Å². The van der Waals surface area contributed by atoms with E-state index in [9.17, 15) is 4.79 Å². The number of benzene rings is 1. The summed E-state index contributed by atoms with van der Waals surface area (Å²) < 4.78 is 5.43. The number of amides is 1. The van der Waals surface area contributed by atoms with Crippen LogP contribution in [0.4, 0.5) is 0 Å². The zero-order valence-corrected chi connectivity index (χ0v) is 12.0. The van der Waals surface area contributed by atoms with Crippen molar-refractivity contribution in [1.82, 2.24) is 10.6 Å². The highest BCUT2D eigenvalue weighted by Crippen LogP contribution is 2.27. The van der Waals surface area contributed by atoms with Crippen LogP contribution < -0.4 is 15.4 Å². The molecule has 1 atom stereocenters. The van der Waals surface area contributed by atoms with Crippen molar-refractivity contribution in [3.05, 3.63) is 28.8 Å². The molecule has 1 aromatic carbocycles. The molecule has 104 valence electrons. The van der Waals surface area contributed by atoms with Crippen molar-refractivity contribution in [1.29, 1.82) is 0 Å². The Morgan fingerprint density at radius 3 is 2.84 bits per heavy atom. The average molecular weight is 283 g/mol. The summed E-state index contributed by atoms with van der Waals surface area (Å²) in [6, 6.07) is 6.18. The van der Waals surface area contributed by atoms with E-state index >= 15 is 0 Å². The molecule has 1 fully saturated rings. The van der Waals surface area contributed by atoms with E-state index in [-0.39, 0.29) is 18.6 Å². The monoisotopic (exact) mass is 282 g/mol. The molecular formula is C14H19ClN2O2. The van der Waals surface area contributed by atoms with Crippen molar-refractivity contribution in [3.8, 4) is 5.75 Å². The highest BCUT2D eigenvalue weighted by Gasteiger charge is 2.23. The zero-order chi connectivity index (χ0) is 13.8. The maximum Gasteiger partial charge on any atom is 0.258 e. The lowest BCUT2D eigenvalue weighted by molar-refractivity contribution is -0.123.